The van der Waals surface area contributed by atoms with E-state index in [9.17, 15) is 14.4 Å². The number of nitrogens with one attached hydrogen (secondary N) is 2. The van der Waals surface area contributed by atoms with Crippen LogP contribution >= 0.6 is 23.2 Å². The van der Waals surface area contributed by atoms with Crippen LogP contribution in [0.3, 0.4) is 0 Å². The standard InChI is InChI=1S/C12H9Cl2N3O3/c13-7-1-2-9(8(14)5-7)15-11(19)6-17-4-3-10(18)16-12(17)20/h1-5H,6H2,(H,15,19)(H,16,18,20). The van der Waals surface area contributed by atoms with Crippen LogP contribution in [0.2, 0.25) is 10.0 Å². The van der Waals surface area contributed by atoms with Gasteiger partial charge in [-0.3, -0.25) is 19.1 Å². The number of carbonyl (C=O) groups excluding carboxylic acids is 1. The molecular weight excluding hydrogens is 305 g/mol. The van der Waals surface area contributed by atoms with Gasteiger partial charge >= 0.3 is 5.69 Å². The van der Waals surface area contributed by atoms with Crippen LogP contribution < -0.4 is 16.6 Å². The molecule has 2 rings (SSSR count). The van der Waals surface area contributed by atoms with Crippen molar-refractivity contribution in [3.63, 3.8) is 0 Å². The summed E-state index contributed by atoms with van der Waals surface area (Å²) in [5.41, 5.74) is -0.791. The van der Waals surface area contributed by atoms with E-state index in [4.69, 9.17) is 23.2 Å². The van der Waals surface area contributed by atoms with Gasteiger partial charge in [0, 0.05) is 17.3 Å². The second-order valence-corrected chi connectivity index (χ2v) is 4.75. The lowest BCUT2D eigenvalue weighted by Gasteiger charge is -2.08. The van der Waals surface area contributed by atoms with Crippen molar-refractivity contribution < 1.29 is 4.79 Å². The highest BCUT2D eigenvalue weighted by molar-refractivity contribution is 6.36. The number of hydrogen-bond acceptors (Lipinski definition) is 3. The summed E-state index contributed by atoms with van der Waals surface area (Å²) in [5, 5.41) is 3.29. The second-order valence-electron chi connectivity index (χ2n) is 3.91. The van der Waals surface area contributed by atoms with E-state index >= 15 is 0 Å². The smallest absolute Gasteiger partial charge is 0.323 e. The number of halogens is 2. The Labute approximate surface area is 123 Å². The average molecular weight is 314 g/mol. The lowest BCUT2D eigenvalue weighted by atomic mass is 10.3. The van der Waals surface area contributed by atoms with E-state index in [2.05, 4.69) is 10.3 Å². The molecule has 6 nitrogen and oxygen atoms in total. The molecule has 0 aliphatic carbocycles. The molecule has 104 valence electrons. The first-order valence-electron chi connectivity index (χ1n) is 5.50. The van der Waals surface area contributed by atoms with E-state index in [0.29, 0.717) is 15.7 Å². The lowest BCUT2D eigenvalue weighted by molar-refractivity contribution is -0.116. The molecule has 1 aromatic heterocycles. The van der Waals surface area contributed by atoms with Gasteiger partial charge in [0.25, 0.3) is 5.56 Å². The predicted molar refractivity (Wildman–Crippen MR) is 76.4 cm³/mol. The van der Waals surface area contributed by atoms with Gasteiger partial charge in [0.15, 0.2) is 0 Å². The van der Waals surface area contributed by atoms with Crippen LogP contribution in [0, 0.1) is 0 Å². The van der Waals surface area contributed by atoms with Gasteiger partial charge in [0.1, 0.15) is 6.54 Å². The molecule has 2 N–H and O–H groups in total. The molecule has 0 aliphatic rings. The van der Waals surface area contributed by atoms with E-state index in [1.165, 1.54) is 12.3 Å². The number of aromatic amines is 1. The number of H-pyrrole nitrogens is 1. The summed E-state index contributed by atoms with van der Waals surface area (Å²) in [6, 6.07) is 5.78. The fraction of sp³-hybridized carbons (Fsp3) is 0.0833. The number of nitrogens with zero attached hydrogens (tertiary/aromatic N) is 1. The quantitative estimate of drug-likeness (QED) is 0.900. The minimum atomic E-state index is -0.658. The molecule has 1 aromatic carbocycles. The van der Waals surface area contributed by atoms with Gasteiger partial charge < -0.3 is 5.32 Å². The lowest BCUT2D eigenvalue weighted by Crippen LogP contribution is -2.32. The molecule has 0 saturated heterocycles. The maximum Gasteiger partial charge on any atom is 0.328 e. The van der Waals surface area contributed by atoms with E-state index in [1.807, 2.05) is 0 Å². The Bertz CT molecular complexity index is 767. The zero-order valence-corrected chi connectivity index (χ0v) is 11.5. The topological polar surface area (TPSA) is 84.0 Å². The van der Waals surface area contributed by atoms with Crippen molar-refractivity contribution in [2.75, 3.05) is 5.32 Å². The zero-order chi connectivity index (χ0) is 14.7. The molecule has 0 saturated carbocycles. The SMILES string of the molecule is O=C(Cn1ccc(=O)[nH]c1=O)Nc1ccc(Cl)cc1Cl. The third kappa shape index (κ3) is 3.49. The van der Waals surface area contributed by atoms with Gasteiger partial charge in [0.2, 0.25) is 5.91 Å². The van der Waals surface area contributed by atoms with Crippen LogP contribution in [0.1, 0.15) is 0 Å². The molecular formula is C12H9Cl2N3O3. The van der Waals surface area contributed by atoms with Crippen molar-refractivity contribution in [3.05, 3.63) is 61.3 Å². The normalized spacial score (nSPS) is 10.3. The first-order chi connectivity index (χ1) is 9.45. The Morgan fingerprint density at radius 2 is 2.00 bits per heavy atom. The third-order valence-electron chi connectivity index (χ3n) is 2.42. The summed E-state index contributed by atoms with van der Waals surface area (Å²) < 4.78 is 1.07. The van der Waals surface area contributed by atoms with Crippen molar-refractivity contribution in [2.45, 2.75) is 6.54 Å². The van der Waals surface area contributed by atoms with E-state index < -0.39 is 17.2 Å². The summed E-state index contributed by atoms with van der Waals surface area (Å²) in [7, 11) is 0. The van der Waals surface area contributed by atoms with Crippen LogP contribution in [0.5, 0.6) is 0 Å². The molecule has 0 aliphatic heterocycles. The van der Waals surface area contributed by atoms with E-state index in [-0.39, 0.29) is 6.54 Å². The molecule has 1 heterocycles. The number of anilines is 1. The Kier molecular flexibility index (Phi) is 4.26. The molecule has 0 atom stereocenters. The highest BCUT2D eigenvalue weighted by Crippen LogP contribution is 2.25. The molecule has 2 aromatic rings. The zero-order valence-electron chi connectivity index (χ0n) is 10.0. The van der Waals surface area contributed by atoms with Gasteiger partial charge in [-0.1, -0.05) is 23.2 Å². The maximum atomic E-state index is 11.8. The molecule has 20 heavy (non-hydrogen) atoms. The van der Waals surface area contributed by atoms with Gasteiger partial charge in [-0.05, 0) is 18.2 Å². The monoisotopic (exact) mass is 313 g/mol. The van der Waals surface area contributed by atoms with Gasteiger partial charge in [0.05, 0.1) is 10.7 Å². The van der Waals surface area contributed by atoms with Gasteiger partial charge in [-0.25, -0.2) is 4.79 Å². The maximum absolute atomic E-state index is 11.8. The number of rotatable bonds is 3. The number of benzene rings is 1. The molecule has 0 spiro atoms. The molecule has 0 fully saturated rings. The Balaban J connectivity index is 2.13. The average Bonchev–Trinajstić information content (AvgIpc) is 2.36. The molecule has 8 heteroatoms. The minimum Gasteiger partial charge on any atom is -0.323 e. The van der Waals surface area contributed by atoms with Gasteiger partial charge in [-0.15, -0.1) is 0 Å². The molecule has 1 amide bonds. The Morgan fingerprint density at radius 3 is 2.65 bits per heavy atom. The number of amides is 1. The van der Waals surface area contributed by atoms with Crippen molar-refractivity contribution in [1.82, 2.24) is 9.55 Å². The largest absolute Gasteiger partial charge is 0.328 e. The fourth-order valence-corrected chi connectivity index (χ4v) is 1.96. The fourth-order valence-electron chi connectivity index (χ4n) is 1.50. The Morgan fingerprint density at radius 1 is 1.25 bits per heavy atom. The van der Waals surface area contributed by atoms with Crippen LogP contribution in [0.15, 0.2) is 40.1 Å². The van der Waals surface area contributed by atoms with E-state index in [1.54, 1.807) is 12.1 Å². The summed E-state index contributed by atoms with van der Waals surface area (Å²) in [6.07, 6.45) is 1.24. The minimum absolute atomic E-state index is 0.241. The molecule has 0 radical (unpaired) electrons. The molecule has 0 bridgehead atoms. The number of carbonyl (C=O) groups is 1. The molecule has 0 unspecified atom stereocenters. The van der Waals surface area contributed by atoms with Crippen molar-refractivity contribution in [3.8, 4) is 0 Å². The van der Waals surface area contributed by atoms with Crippen LogP contribution in [-0.4, -0.2) is 15.5 Å². The highest BCUT2D eigenvalue weighted by Gasteiger charge is 2.08. The van der Waals surface area contributed by atoms with Crippen molar-refractivity contribution in [2.24, 2.45) is 0 Å². The highest BCUT2D eigenvalue weighted by atomic mass is 35.5. The van der Waals surface area contributed by atoms with Gasteiger partial charge in [-0.2, -0.15) is 0 Å². The number of aromatic nitrogens is 2. The van der Waals surface area contributed by atoms with E-state index in [0.717, 1.165) is 10.6 Å². The predicted octanol–water partition coefficient (Wildman–Crippen LogP) is 1.48. The van der Waals surface area contributed by atoms with Crippen LogP contribution in [0.4, 0.5) is 5.69 Å². The second kappa shape index (κ2) is 5.94. The summed E-state index contributed by atoms with van der Waals surface area (Å²) in [6.45, 7) is -0.241. The summed E-state index contributed by atoms with van der Waals surface area (Å²) >= 11 is 11.7. The first kappa shape index (κ1) is 14.4. The number of hydrogen-bond donors (Lipinski definition) is 2. The van der Waals surface area contributed by atoms with Crippen LogP contribution in [0.25, 0.3) is 0 Å². The van der Waals surface area contributed by atoms with Crippen molar-refractivity contribution in [1.29, 1.82) is 0 Å². The third-order valence-corrected chi connectivity index (χ3v) is 2.96. The van der Waals surface area contributed by atoms with Crippen molar-refractivity contribution >= 4 is 34.8 Å². The summed E-state index contributed by atoms with van der Waals surface area (Å²) in [5.74, 6) is -0.455. The summed E-state index contributed by atoms with van der Waals surface area (Å²) in [4.78, 5) is 36.2. The Hall–Kier alpha value is -2.05. The van der Waals surface area contributed by atoms with Crippen LogP contribution in [-0.2, 0) is 11.3 Å². The first-order valence-corrected chi connectivity index (χ1v) is 6.26.